The van der Waals surface area contributed by atoms with E-state index in [0.29, 0.717) is 0 Å². The molecule has 0 aromatic heterocycles. The molecule has 2 saturated heterocycles. The fourth-order valence-electron chi connectivity index (χ4n) is 3.28. The van der Waals surface area contributed by atoms with Crippen LogP contribution in [0.4, 0.5) is 10.1 Å². The zero-order valence-corrected chi connectivity index (χ0v) is 15.4. The molecule has 0 bridgehead atoms. The van der Waals surface area contributed by atoms with Crippen molar-refractivity contribution in [2.45, 2.75) is 65.0 Å². The van der Waals surface area contributed by atoms with Crippen LogP contribution < -0.4 is 10.4 Å². The van der Waals surface area contributed by atoms with Crippen LogP contribution in [0.25, 0.3) is 0 Å². The minimum Gasteiger partial charge on any atom is -0.399 e. The van der Waals surface area contributed by atoms with Crippen LogP contribution in [0.15, 0.2) is 18.2 Å². The lowest BCUT2D eigenvalue weighted by atomic mass is 9.78. The van der Waals surface area contributed by atoms with Crippen molar-refractivity contribution >= 4 is 18.3 Å². The summed E-state index contributed by atoms with van der Waals surface area (Å²) in [6, 6.07) is 5.04. The van der Waals surface area contributed by atoms with E-state index in [9.17, 15) is 4.39 Å². The van der Waals surface area contributed by atoms with Crippen molar-refractivity contribution in [3.8, 4) is 0 Å². The maximum absolute atomic E-state index is 14.2. The number of benzene rings is 1. The van der Waals surface area contributed by atoms with Gasteiger partial charge in [-0.2, -0.15) is 0 Å². The summed E-state index contributed by atoms with van der Waals surface area (Å²) in [7, 11) is -0.555. The first-order chi connectivity index (χ1) is 11.1. The molecule has 6 heteroatoms. The van der Waals surface area contributed by atoms with Gasteiger partial charge in [0.2, 0.25) is 0 Å². The number of nitrogens with zero attached hydrogens (tertiary/aromatic N) is 1. The van der Waals surface area contributed by atoms with E-state index in [1.807, 2.05) is 47.6 Å². The van der Waals surface area contributed by atoms with Gasteiger partial charge in [-0.25, -0.2) is 4.39 Å². The molecule has 0 spiro atoms. The largest absolute Gasteiger partial charge is 0.495 e. The lowest BCUT2D eigenvalue weighted by Gasteiger charge is -2.37. The van der Waals surface area contributed by atoms with Crippen molar-refractivity contribution < 1.29 is 18.4 Å². The van der Waals surface area contributed by atoms with Gasteiger partial charge in [-0.1, -0.05) is 0 Å². The Bertz CT molecular complexity index is 596. The van der Waals surface area contributed by atoms with E-state index in [1.165, 1.54) is 6.07 Å². The van der Waals surface area contributed by atoms with Crippen LogP contribution in [-0.2, 0) is 14.0 Å². The van der Waals surface area contributed by atoms with Crippen molar-refractivity contribution in [2.75, 3.05) is 18.0 Å². The van der Waals surface area contributed by atoms with Crippen LogP contribution in [0.2, 0.25) is 0 Å². The molecule has 2 fully saturated rings. The molecule has 1 aromatic rings. The Morgan fingerprint density at radius 3 is 2.08 bits per heavy atom. The van der Waals surface area contributed by atoms with Gasteiger partial charge in [0.1, 0.15) is 5.82 Å². The highest BCUT2D eigenvalue weighted by Crippen LogP contribution is 2.36. The topological polar surface area (TPSA) is 30.9 Å². The molecule has 2 aliphatic rings. The summed E-state index contributed by atoms with van der Waals surface area (Å²) in [4.78, 5) is 2.16. The molecule has 0 aliphatic carbocycles. The summed E-state index contributed by atoms with van der Waals surface area (Å²) in [6.07, 6.45) is 0.245. The van der Waals surface area contributed by atoms with Gasteiger partial charge in [0.25, 0.3) is 0 Å². The molecule has 4 nitrogen and oxygen atoms in total. The first-order valence-corrected chi connectivity index (χ1v) is 8.64. The number of hydrogen-bond acceptors (Lipinski definition) is 4. The number of morpholine rings is 1. The summed E-state index contributed by atoms with van der Waals surface area (Å²) < 4.78 is 32.1. The quantitative estimate of drug-likeness (QED) is 0.778. The SMILES string of the molecule is CC1CN(c2cc(F)cc(B3OC(C)(C)C(C)(C)O3)c2)CC(C)O1. The van der Waals surface area contributed by atoms with E-state index in [-0.39, 0.29) is 18.0 Å². The molecule has 24 heavy (non-hydrogen) atoms. The van der Waals surface area contributed by atoms with E-state index < -0.39 is 18.3 Å². The Labute approximate surface area is 144 Å². The summed E-state index contributed by atoms with van der Waals surface area (Å²) in [5.41, 5.74) is 0.690. The van der Waals surface area contributed by atoms with Gasteiger partial charge in [-0.05, 0) is 65.2 Å². The summed E-state index contributed by atoms with van der Waals surface area (Å²) in [5, 5.41) is 0. The lowest BCUT2D eigenvalue weighted by molar-refractivity contribution is -0.00523. The fraction of sp³-hybridized carbons (Fsp3) is 0.667. The minimum atomic E-state index is -0.555. The number of hydrogen-bond donors (Lipinski definition) is 0. The Kier molecular flexibility index (Phi) is 4.43. The average molecular weight is 335 g/mol. The van der Waals surface area contributed by atoms with E-state index >= 15 is 0 Å². The number of halogens is 1. The third-order valence-corrected chi connectivity index (χ3v) is 5.22. The summed E-state index contributed by atoms with van der Waals surface area (Å²) >= 11 is 0. The monoisotopic (exact) mass is 335 g/mol. The maximum Gasteiger partial charge on any atom is 0.495 e. The Hall–Kier alpha value is -1.11. The highest BCUT2D eigenvalue weighted by atomic mass is 19.1. The molecule has 2 heterocycles. The van der Waals surface area contributed by atoms with Crippen molar-refractivity contribution in [2.24, 2.45) is 0 Å². The molecule has 0 amide bonds. The fourth-order valence-corrected chi connectivity index (χ4v) is 3.28. The predicted molar refractivity (Wildman–Crippen MR) is 94.3 cm³/mol. The van der Waals surface area contributed by atoms with Gasteiger partial charge in [-0.3, -0.25) is 0 Å². The molecule has 0 saturated carbocycles. The smallest absolute Gasteiger partial charge is 0.399 e. The Morgan fingerprint density at radius 1 is 1.00 bits per heavy atom. The second-order valence-corrected chi connectivity index (χ2v) is 7.99. The molecule has 3 rings (SSSR count). The predicted octanol–water partition coefficient (Wildman–Crippen LogP) is 2.74. The van der Waals surface area contributed by atoms with Gasteiger partial charge in [-0.15, -0.1) is 0 Å². The molecule has 2 atom stereocenters. The van der Waals surface area contributed by atoms with Crippen molar-refractivity contribution in [1.82, 2.24) is 0 Å². The molecule has 2 unspecified atom stereocenters. The van der Waals surface area contributed by atoms with Gasteiger partial charge < -0.3 is 18.9 Å². The number of rotatable bonds is 2. The van der Waals surface area contributed by atoms with Crippen LogP contribution >= 0.6 is 0 Å². The van der Waals surface area contributed by atoms with Crippen LogP contribution in [0.3, 0.4) is 0 Å². The first-order valence-electron chi connectivity index (χ1n) is 8.64. The van der Waals surface area contributed by atoms with Gasteiger partial charge in [0.05, 0.1) is 23.4 Å². The van der Waals surface area contributed by atoms with E-state index in [2.05, 4.69) is 4.90 Å². The van der Waals surface area contributed by atoms with E-state index in [1.54, 1.807) is 6.07 Å². The summed E-state index contributed by atoms with van der Waals surface area (Å²) in [5.74, 6) is -0.274. The number of ether oxygens (including phenoxy) is 1. The first kappa shape index (κ1) is 17.7. The van der Waals surface area contributed by atoms with Crippen LogP contribution in [0.5, 0.6) is 0 Å². The molecule has 0 N–H and O–H groups in total. The Balaban J connectivity index is 1.88. The zero-order valence-electron chi connectivity index (χ0n) is 15.4. The van der Waals surface area contributed by atoms with E-state index in [4.69, 9.17) is 14.0 Å². The van der Waals surface area contributed by atoms with Crippen molar-refractivity contribution in [3.63, 3.8) is 0 Å². The van der Waals surface area contributed by atoms with Crippen molar-refractivity contribution in [1.29, 1.82) is 0 Å². The molecule has 2 aliphatic heterocycles. The maximum atomic E-state index is 14.2. The second kappa shape index (κ2) is 6.01. The molecule has 132 valence electrons. The zero-order chi connectivity index (χ0) is 17.7. The third kappa shape index (κ3) is 3.32. The van der Waals surface area contributed by atoms with Crippen molar-refractivity contribution in [3.05, 3.63) is 24.0 Å². The van der Waals surface area contributed by atoms with E-state index in [0.717, 1.165) is 24.2 Å². The normalized spacial score (nSPS) is 29.1. The number of anilines is 1. The molecule has 1 aromatic carbocycles. The molecular weight excluding hydrogens is 308 g/mol. The van der Waals surface area contributed by atoms with Gasteiger partial charge in [0, 0.05) is 18.8 Å². The Morgan fingerprint density at radius 2 is 1.54 bits per heavy atom. The standard InChI is InChI=1S/C18H27BFNO3/c1-12-10-21(11-13(2)22-12)16-8-14(7-15(20)9-16)19-23-17(3,4)18(5,6)24-19/h7-9,12-13H,10-11H2,1-6H3. The van der Waals surface area contributed by atoms with Crippen LogP contribution in [0.1, 0.15) is 41.5 Å². The van der Waals surface area contributed by atoms with Gasteiger partial charge >= 0.3 is 7.12 Å². The highest BCUT2D eigenvalue weighted by Gasteiger charge is 2.51. The second-order valence-electron chi connectivity index (χ2n) is 7.99. The van der Waals surface area contributed by atoms with Crippen LogP contribution in [0, 0.1) is 5.82 Å². The van der Waals surface area contributed by atoms with Gasteiger partial charge in [0.15, 0.2) is 0 Å². The average Bonchev–Trinajstić information content (AvgIpc) is 2.66. The highest BCUT2D eigenvalue weighted by molar-refractivity contribution is 6.62. The lowest BCUT2D eigenvalue weighted by Crippen LogP contribution is -2.46. The summed E-state index contributed by atoms with van der Waals surface area (Å²) in [6.45, 7) is 13.6. The minimum absolute atomic E-state index is 0.123. The molecular formula is C18H27BFNO3. The molecule has 0 radical (unpaired) electrons. The third-order valence-electron chi connectivity index (χ3n) is 5.22. The van der Waals surface area contributed by atoms with Crippen LogP contribution in [-0.4, -0.2) is 43.6 Å².